The first-order chi connectivity index (χ1) is 6.36. The van der Waals surface area contributed by atoms with Crippen molar-refractivity contribution in [1.29, 1.82) is 0 Å². The molecule has 13 heavy (non-hydrogen) atoms. The number of rotatable bonds is 4. The number of aliphatic hydroxyl groups excluding tert-OH is 1. The molecule has 0 aliphatic heterocycles. The first-order valence-corrected chi connectivity index (χ1v) is 4.39. The van der Waals surface area contributed by atoms with Gasteiger partial charge in [-0.05, 0) is 24.0 Å². The Hall–Kier alpha value is -1.30. The van der Waals surface area contributed by atoms with E-state index in [1.807, 2.05) is 18.2 Å². The van der Waals surface area contributed by atoms with Gasteiger partial charge in [0.25, 0.3) is 0 Å². The highest BCUT2D eigenvalue weighted by atomic mass is 16.3. The molecule has 0 aliphatic rings. The van der Waals surface area contributed by atoms with Gasteiger partial charge in [0.15, 0.2) is 0 Å². The lowest BCUT2D eigenvalue weighted by Gasteiger charge is -2.01. The molecule has 0 bridgehead atoms. The molecule has 0 fully saturated rings. The summed E-state index contributed by atoms with van der Waals surface area (Å²) < 4.78 is 0. The summed E-state index contributed by atoms with van der Waals surface area (Å²) in [6.07, 6.45) is 1.78. The van der Waals surface area contributed by atoms with Gasteiger partial charge in [-0.25, -0.2) is 0 Å². The second-order valence-electron chi connectivity index (χ2n) is 2.92. The Morgan fingerprint density at radius 2 is 2.00 bits per heavy atom. The van der Waals surface area contributed by atoms with Crippen LogP contribution in [0.5, 0.6) is 0 Å². The van der Waals surface area contributed by atoms with Gasteiger partial charge < -0.3 is 5.11 Å². The number of hydrogen-bond donors (Lipinski definition) is 1. The van der Waals surface area contributed by atoms with Gasteiger partial charge in [-0.3, -0.25) is 0 Å². The molecule has 0 saturated carbocycles. The summed E-state index contributed by atoms with van der Waals surface area (Å²) in [4.78, 5) is 0. The van der Waals surface area contributed by atoms with Gasteiger partial charge in [0, 0.05) is 0 Å². The fourth-order valence-corrected chi connectivity index (χ4v) is 1.16. The summed E-state index contributed by atoms with van der Waals surface area (Å²) in [6, 6.07) is 10.2. The van der Waals surface area contributed by atoms with Crippen molar-refractivity contribution in [2.45, 2.75) is 12.8 Å². The molecule has 1 heteroatoms. The molecule has 0 aliphatic carbocycles. The van der Waals surface area contributed by atoms with Crippen LogP contribution in [0.1, 0.15) is 12.0 Å². The van der Waals surface area contributed by atoms with Crippen LogP contribution in [0, 0.1) is 0 Å². The van der Waals surface area contributed by atoms with Crippen LogP contribution in [0.15, 0.2) is 48.2 Å². The second kappa shape index (κ2) is 5.36. The lowest BCUT2D eigenvalue weighted by atomic mass is 10.1. The molecule has 1 aromatic rings. The van der Waals surface area contributed by atoms with Gasteiger partial charge in [0.05, 0.1) is 6.61 Å². The maximum Gasteiger partial charge on any atom is 0.0715 e. The quantitative estimate of drug-likeness (QED) is 0.694. The monoisotopic (exact) mass is 174 g/mol. The standard InChI is InChI=1S/C12H14O/c1-2-11(10-13)8-9-12-6-4-3-5-7-12/h3-7,13H,1,8-10H2. The fraction of sp³-hybridized carbons (Fsp3) is 0.250. The third-order valence-corrected chi connectivity index (χ3v) is 2.00. The lowest BCUT2D eigenvalue weighted by molar-refractivity contribution is 0.327. The number of benzene rings is 1. The first kappa shape index (κ1) is 9.79. The van der Waals surface area contributed by atoms with Crippen LogP contribution >= 0.6 is 0 Å². The van der Waals surface area contributed by atoms with Crippen LogP contribution < -0.4 is 0 Å². The Morgan fingerprint density at radius 1 is 1.31 bits per heavy atom. The third kappa shape index (κ3) is 3.29. The van der Waals surface area contributed by atoms with Crippen molar-refractivity contribution in [3.8, 4) is 0 Å². The summed E-state index contributed by atoms with van der Waals surface area (Å²) in [7, 11) is 0. The predicted octanol–water partition coefficient (Wildman–Crippen LogP) is 2.32. The summed E-state index contributed by atoms with van der Waals surface area (Å²) in [6.45, 7) is 3.59. The molecule has 0 saturated heterocycles. The molecule has 1 nitrogen and oxygen atoms in total. The molecule has 68 valence electrons. The van der Waals surface area contributed by atoms with E-state index in [-0.39, 0.29) is 6.61 Å². The topological polar surface area (TPSA) is 20.2 Å². The van der Waals surface area contributed by atoms with Gasteiger partial charge in [-0.2, -0.15) is 0 Å². The maximum atomic E-state index is 8.86. The zero-order valence-electron chi connectivity index (χ0n) is 7.66. The Labute approximate surface area is 79.0 Å². The minimum Gasteiger partial charge on any atom is -0.391 e. The van der Waals surface area contributed by atoms with E-state index in [0.717, 1.165) is 18.4 Å². The van der Waals surface area contributed by atoms with Crippen molar-refractivity contribution in [2.75, 3.05) is 6.61 Å². The van der Waals surface area contributed by atoms with Crippen LogP contribution in [-0.2, 0) is 6.42 Å². The molecule has 0 unspecified atom stereocenters. The van der Waals surface area contributed by atoms with Crippen LogP contribution in [0.4, 0.5) is 0 Å². The summed E-state index contributed by atoms with van der Waals surface area (Å²) in [5.74, 6) is 0. The molecule has 0 radical (unpaired) electrons. The Morgan fingerprint density at radius 3 is 2.54 bits per heavy atom. The molecule has 1 N–H and O–H groups in total. The van der Waals surface area contributed by atoms with Gasteiger partial charge in [0.1, 0.15) is 0 Å². The molecule has 1 rings (SSSR count). The Kier molecular flexibility index (Phi) is 4.04. The van der Waals surface area contributed by atoms with Gasteiger partial charge >= 0.3 is 0 Å². The average molecular weight is 174 g/mol. The first-order valence-electron chi connectivity index (χ1n) is 4.39. The lowest BCUT2D eigenvalue weighted by Crippen LogP contribution is -1.92. The largest absolute Gasteiger partial charge is 0.391 e. The smallest absolute Gasteiger partial charge is 0.0715 e. The van der Waals surface area contributed by atoms with Crippen LogP contribution in [0.25, 0.3) is 0 Å². The highest BCUT2D eigenvalue weighted by Gasteiger charge is 1.95. The van der Waals surface area contributed by atoms with E-state index in [1.54, 1.807) is 0 Å². The molecule has 0 spiro atoms. The van der Waals surface area contributed by atoms with Crippen molar-refractivity contribution in [2.24, 2.45) is 0 Å². The van der Waals surface area contributed by atoms with Crippen molar-refractivity contribution in [3.05, 3.63) is 53.8 Å². The molecule has 0 atom stereocenters. The second-order valence-corrected chi connectivity index (χ2v) is 2.92. The van der Waals surface area contributed by atoms with Crippen molar-refractivity contribution in [1.82, 2.24) is 0 Å². The number of hydrogen-bond acceptors (Lipinski definition) is 1. The fourth-order valence-electron chi connectivity index (χ4n) is 1.16. The molecular weight excluding hydrogens is 160 g/mol. The summed E-state index contributed by atoms with van der Waals surface area (Å²) in [5.41, 5.74) is 4.90. The zero-order chi connectivity index (χ0) is 9.52. The van der Waals surface area contributed by atoms with E-state index in [1.165, 1.54) is 5.56 Å². The maximum absolute atomic E-state index is 8.86. The Bertz CT molecular complexity index is 294. The van der Waals surface area contributed by atoms with Crippen molar-refractivity contribution in [3.63, 3.8) is 0 Å². The zero-order valence-corrected chi connectivity index (χ0v) is 7.66. The highest BCUT2D eigenvalue weighted by molar-refractivity contribution is 5.16. The van der Waals surface area contributed by atoms with Gasteiger partial charge in [-0.15, -0.1) is 5.73 Å². The molecule has 0 heterocycles. The highest BCUT2D eigenvalue weighted by Crippen LogP contribution is 2.07. The normalized spacial score (nSPS) is 9.31. The van der Waals surface area contributed by atoms with Crippen molar-refractivity contribution >= 4 is 0 Å². The SMILES string of the molecule is C=C=C(CO)CCc1ccccc1. The molecule has 0 aromatic heterocycles. The van der Waals surface area contributed by atoms with Crippen LogP contribution in [-0.4, -0.2) is 11.7 Å². The summed E-state index contributed by atoms with van der Waals surface area (Å²) >= 11 is 0. The minimum absolute atomic E-state index is 0.0658. The van der Waals surface area contributed by atoms with E-state index in [4.69, 9.17) is 5.11 Å². The molecule has 0 amide bonds. The van der Waals surface area contributed by atoms with Gasteiger partial charge in [0.2, 0.25) is 0 Å². The summed E-state index contributed by atoms with van der Waals surface area (Å²) in [5, 5.41) is 8.86. The van der Waals surface area contributed by atoms with E-state index in [2.05, 4.69) is 24.4 Å². The molecular formula is C12H14O. The van der Waals surface area contributed by atoms with E-state index in [0.29, 0.717) is 0 Å². The van der Waals surface area contributed by atoms with Crippen LogP contribution in [0.2, 0.25) is 0 Å². The number of aliphatic hydroxyl groups is 1. The van der Waals surface area contributed by atoms with Crippen molar-refractivity contribution < 1.29 is 5.11 Å². The van der Waals surface area contributed by atoms with Gasteiger partial charge in [-0.1, -0.05) is 36.9 Å². The minimum atomic E-state index is 0.0658. The number of aryl methyl sites for hydroxylation is 1. The third-order valence-electron chi connectivity index (χ3n) is 2.00. The van der Waals surface area contributed by atoms with E-state index < -0.39 is 0 Å². The van der Waals surface area contributed by atoms with E-state index in [9.17, 15) is 0 Å². The predicted molar refractivity (Wildman–Crippen MR) is 54.5 cm³/mol. The van der Waals surface area contributed by atoms with Crippen LogP contribution in [0.3, 0.4) is 0 Å². The van der Waals surface area contributed by atoms with E-state index >= 15 is 0 Å². The molecule has 1 aromatic carbocycles. The Balaban J connectivity index is 2.48. The average Bonchev–Trinajstić information content (AvgIpc) is 2.21.